The van der Waals surface area contributed by atoms with E-state index in [0.717, 1.165) is 21.9 Å². The third-order valence-corrected chi connectivity index (χ3v) is 6.74. The number of H-pyrrole nitrogens is 1. The van der Waals surface area contributed by atoms with Crippen LogP contribution in [0, 0.1) is 0 Å². The summed E-state index contributed by atoms with van der Waals surface area (Å²) < 4.78 is 23.2. The van der Waals surface area contributed by atoms with Crippen LogP contribution in [-0.2, 0) is 16.3 Å². The number of aromatic nitrogens is 1. The van der Waals surface area contributed by atoms with E-state index in [4.69, 9.17) is 0 Å². The van der Waals surface area contributed by atoms with Crippen LogP contribution in [0.3, 0.4) is 0 Å². The van der Waals surface area contributed by atoms with Gasteiger partial charge >= 0.3 is 0 Å². The van der Waals surface area contributed by atoms with Crippen molar-refractivity contribution in [1.29, 1.82) is 0 Å². The molecule has 0 aliphatic rings. The molecule has 4 aromatic rings. The number of nitrogens with one attached hydrogen (secondary N) is 1. The Morgan fingerprint density at radius 2 is 1.82 bits per heavy atom. The first-order valence-electron chi connectivity index (χ1n) is 8.86. The van der Waals surface area contributed by atoms with E-state index in [9.17, 15) is 18.3 Å². The number of pyridine rings is 1. The lowest BCUT2D eigenvalue weighted by Gasteiger charge is -2.11. The summed E-state index contributed by atoms with van der Waals surface area (Å²) in [6, 6.07) is 13.0. The van der Waals surface area contributed by atoms with E-state index < -0.39 is 9.84 Å². The third kappa shape index (κ3) is 3.55. The molecule has 0 unspecified atom stereocenters. The molecule has 0 bridgehead atoms. The fraction of sp³-hybridized carbons (Fsp3) is 0.190. The maximum absolute atomic E-state index is 12.3. The normalized spacial score (nSPS) is 12.0. The summed E-state index contributed by atoms with van der Waals surface area (Å²) in [6.07, 6.45) is 2.50. The van der Waals surface area contributed by atoms with E-state index in [0.29, 0.717) is 28.6 Å². The molecule has 0 fully saturated rings. The Hall–Kier alpha value is -2.64. The molecule has 0 spiro atoms. The molecule has 4 rings (SSSR count). The zero-order valence-electron chi connectivity index (χ0n) is 15.2. The van der Waals surface area contributed by atoms with Crippen molar-refractivity contribution in [3.05, 3.63) is 63.8 Å². The Morgan fingerprint density at radius 1 is 1.07 bits per heavy atom. The predicted molar refractivity (Wildman–Crippen MR) is 115 cm³/mol. The average Bonchev–Trinajstić information content (AvgIpc) is 3.13. The average molecular weight is 414 g/mol. The monoisotopic (exact) mass is 413 g/mol. The molecule has 0 aliphatic carbocycles. The Labute approximate surface area is 166 Å². The predicted octanol–water partition coefficient (Wildman–Crippen LogP) is 4.09. The Kier molecular flexibility index (Phi) is 4.72. The van der Waals surface area contributed by atoms with Gasteiger partial charge in [-0.3, -0.25) is 4.79 Å². The van der Waals surface area contributed by atoms with Gasteiger partial charge in [0.15, 0.2) is 0 Å². The Morgan fingerprint density at radius 3 is 2.54 bits per heavy atom. The van der Waals surface area contributed by atoms with Gasteiger partial charge in [-0.05, 0) is 47.5 Å². The molecular formula is C21H19NO4S2. The van der Waals surface area contributed by atoms with E-state index in [-0.39, 0.29) is 17.1 Å². The lowest BCUT2D eigenvalue weighted by atomic mass is 9.96. The standard InChI is InChI=1S/C21H19NO4S2/c1-28(25,26)12-2-3-13-4-6-14(7-5-13)18-17(23)9-8-16-19(18)15-10-11-27-20(15)21(24)22-16/h4-11,23H,2-3,12H2,1H3,(H,22,24). The first-order valence-corrected chi connectivity index (χ1v) is 11.8. The lowest BCUT2D eigenvalue weighted by molar-refractivity contribution is 0.478. The van der Waals surface area contributed by atoms with E-state index in [1.807, 2.05) is 35.7 Å². The fourth-order valence-electron chi connectivity index (χ4n) is 3.51. The largest absolute Gasteiger partial charge is 0.507 e. The second kappa shape index (κ2) is 7.07. The van der Waals surface area contributed by atoms with Crippen LogP contribution < -0.4 is 5.56 Å². The van der Waals surface area contributed by atoms with Gasteiger partial charge in [-0.25, -0.2) is 8.42 Å². The minimum atomic E-state index is -2.96. The van der Waals surface area contributed by atoms with Gasteiger partial charge < -0.3 is 10.1 Å². The molecule has 7 heteroatoms. The zero-order chi connectivity index (χ0) is 19.9. The number of aromatic hydroxyl groups is 1. The molecule has 5 nitrogen and oxygen atoms in total. The molecule has 0 saturated carbocycles. The van der Waals surface area contributed by atoms with Crippen LogP contribution in [0.4, 0.5) is 0 Å². The number of fused-ring (bicyclic) bond motifs is 3. The van der Waals surface area contributed by atoms with Crippen molar-refractivity contribution < 1.29 is 13.5 Å². The van der Waals surface area contributed by atoms with Crippen molar-refractivity contribution >= 4 is 42.2 Å². The van der Waals surface area contributed by atoms with Crippen LogP contribution in [0.5, 0.6) is 5.75 Å². The van der Waals surface area contributed by atoms with Gasteiger partial charge in [0.1, 0.15) is 20.3 Å². The zero-order valence-corrected chi connectivity index (χ0v) is 16.9. The summed E-state index contributed by atoms with van der Waals surface area (Å²) in [7, 11) is -2.96. The quantitative estimate of drug-likeness (QED) is 0.516. The minimum Gasteiger partial charge on any atom is -0.507 e. The summed E-state index contributed by atoms with van der Waals surface area (Å²) in [5.74, 6) is 0.319. The van der Waals surface area contributed by atoms with Crippen molar-refractivity contribution in [2.45, 2.75) is 12.8 Å². The van der Waals surface area contributed by atoms with Crippen LogP contribution in [0.2, 0.25) is 0 Å². The van der Waals surface area contributed by atoms with Crippen LogP contribution in [0.15, 0.2) is 52.6 Å². The van der Waals surface area contributed by atoms with Crippen molar-refractivity contribution in [1.82, 2.24) is 4.98 Å². The van der Waals surface area contributed by atoms with Gasteiger partial charge in [-0.15, -0.1) is 11.3 Å². The SMILES string of the molecule is CS(=O)(=O)CCCc1ccc(-c2c(O)ccc3[nH]c(=O)c4sccc4c23)cc1. The number of sulfone groups is 1. The summed E-state index contributed by atoms with van der Waals surface area (Å²) in [5.41, 5.74) is 3.12. The fourth-order valence-corrected chi connectivity index (χ4v) is 4.97. The first-order chi connectivity index (χ1) is 13.3. The van der Waals surface area contributed by atoms with E-state index in [1.165, 1.54) is 17.6 Å². The van der Waals surface area contributed by atoms with Gasteiger partial charge in [0.2, 0.25) is 0 Å². The van der Waals surface area contributed by atoms with Crippen molar-refractivity contribution in [2.24, 2.45) is 0 Å². The summed E-state index contributed by atoms with van der Waals surface area (Å²) in [4.78, 5) is 15.1. The van der Waals surface area contributed by atoms with Crippen molar-refractivity contribution in [2.75, 3.05) is 12.0 Å². The molecule has 28 heavy (non-hydrogen) atoms. The minimum absolute atomic E-state index is 0.129. The number of aryl methyl sites for hydroxylation is 1. The lowest BCUT2D eigenvalue weighted by Crippen LogP contribution is -2.04. The number of phenolic OH excluding ortho intramolecular Hbond substituents is 1. The molecule has 2 aromatic carbocycles. The highest BCUT2D eigenvalue weighted by molar-refractivity contribution is 7.90. The second-order valence-electron chi connectivity index (χ2n) is 6.93. The molecule has 0 atom stereocenters. The molecule has 144 valence electrons. The number of rotatable bonds is 5. The smallest absolute Gasteiger partial charge is 0.266 e. The molecule has 0 aliphatic heterocycles. The number of thiophene rings is 1. The molecule has 0 amide bonds. The van der Waals surface area contributed by atoms with Gasteiger partial charge in [-0.2, -0.15) is 0 Å². The Bertz CT molecular complexity index is 1330. The van der Waals surface area contributed by atoms with Gasteiger partial charge in [-0.1, -0.05) is 24.3 Å². The third-order valence-electron chi connectivity index (χ3n) is 4.80. The molecule has 2 N–H and O–H groups in total. The van der Waals surface area contributed by atoms with Crippen LogP contribution in [-0.4, -0.2) is 30.5 Å². The van der Waals surface area contributed by atoms with Crippen molar-refractivity contribution in [3.8, 4) is 16.9 Å². The van der Waals surface area contributed by atoms with Crippen molar-refractivity contribution in [3.63, 3.8) is 0 Å². The number of hydrogen-bond acceptors (Lipinski definition) is 5. The molecule has 0 radical (unpaired) electrons. The highest BCUT2D eigenvalue weighted by Gasteiger charge is 2.15. The number of benzene rings is 2. The van der Waals surface area contributed by atoms with Crippen LogP contribution in [0.25, 0.3) is 32.1 Å². The number of hydrogen-bond donors (Lipinski definition) is 2. The molecular weight excluding hydrogens is 394 g/mol. The maximum Gasteiger partial charge on any atom is 0.266 e. The molecule has 0 saturated heterocycles. The Balaban J connectivity index is 1.78. The van der Waals surface area contributed by atoms with Gasteiger partial charge in [0.05, 0.1) is 5.75 Å². The second-order valence-corrected chi connectivity index (χ2v) is 10.1. The summed E-state index contributed by atoms with van der Waals surface area (Å²) in [6.45, 7) is 0. The highest BCUT2D eigenvalue weighted by Crippen LogP contribution is 2.39. The molecule has 2 aromatic heterocycles. The van der Waals surface area contributed by atoms with Crippen LogP contribution in [0.1, 0.15) is 12.0 Å². The summed E-state index contributed by atoms with van der Waals surface area (Å²) in [5, 5.41) is 14.1. The molecule has 2 heterocycles. The summed E-state index contributed by atoms with van der Waals surface area (Å²) >= 11 is 1.38. The highest BCUT2D eigenvalue weighted by atomic mass is 32.2. The first kappa shape index (κ1) is 18.7. The maximum atomic E-state index is 12.3. The number of aromatic amines is 1. The number of phenols is 1. The van der Waals surface area contributed by atoms with E-state index >= 15 is 0 Å². The van der Waals surface area contributed by atoms with E-state index in [1.54, 1.807) is 12.1 Å². The van der Waals surface area contributed by atoms with Gasteiger partial charge in [0, 0.05) is 28.1 Å². The van der Waals surface area contributed by atoms with Gasteiger partial charge in [0.25, 0.3) is 5.56 Å². The van der Waals surface area contributed by atoms with Crippen LogP contribution >= 0.6 is 11.3 Å². The van der Waals surface area contributed by atoms with E-state index in [2.05, 4.69) is 4.98 Å². The topological polar surface area (TPSA) is 87.2 Å².